The van der Waals surface area contributed by atoms with Crippen molar-refractivity contribution < 1.29 is 18.8 Å². The van der Waals surface area contributed by atoms with Crippen molar-refractivity contribution in [3.8, 4) is 28.4 Å². The van der Waals surface area contributed by atoms with Gasteiger partial charge in [0, 0.05) is 31.2 Å². The number of ether oxygens (including phenoxy) is 1. The molecule has 0 bridgehead atoms. The van der Waals surface area contributed by atoms with Gasteiger partial charge in [0.1, 0.15) is 46.9 Å². The van der Waals surface area contributed by atoms with E-state index < -0.39 is 18.3 Å². The summed E-state index contributed by atoms with van der Waals surface area (Å²) in [4.78, 5) is 11.7. The summed E-state index contributed by atoms with van der Waals surface area (Å²) in [6.45, 7) is 5.28. The van der Waals surface area contributed by atoms with Crippen LogP contribution in [0.5, 0.6) is 5.75 Å². The normalized spacial score (nSPS) is 20.7. The zero-order chi connectivity index (χ0) is 27.7. The predicted molar refractivity (Wildman–Crippen MR) is 149 cm³/mol. The molecule has 0 spiro atoms. The third-order valence-electron chi connectivity index (χ3n) is 7.14. The summed E-state index contributed by atoms with van der Waals surface area (Å²) < 4.78 is 26.4. The van der Waals surface area contributed by atoms with Gasteiger partial charge in [-0.3, -0.25) is 4.90 Å². The Labute approximate surface area is 237 Å². The van der Waals surface area contributed by atoms with Crippen LogP contribution in [0.3, 0.4) is 0 Å². The molecule has 2 aromatic heterocycles. The Balaban J connectivity index is 1.50. The van der Waals surface area contributed by atoms with Gasteiger partial charge in [-0.05, 0) is 58.4 Å². The number of benzene rings is 1. The first-order chi connectivity index (χ1) is 18.7. The zero-order valence-corrected chi connectivity index (χ0v) is 23.7. The highest BCUT2D eigenvalue weighted by Gasteiger charge is 2.37. The summed E-state index contributed by atoms with van der Waals surface area (Å²) in [5.74, 6) is 1.64. The summed E-state index contributed by atoms with van der Waals surface area (Å²) in [6, 6.07) is 5.17. The van der Waals surface area contributed by atoms with Crippen molar-refractivity contribution in [1.29, 1.82) is 0 Å². The zero-order valence-electron chi connectivity index (χ0n) is 22.2. The fourth-order valence-electron chi connectivity index (χ4n) is 4.94. The highest BCUT2D eigenvalue weighted by atomic mass is 35.5. The maximum Gasteiger partial charge on any atom is 0.163 e. The molecule has 5 rings (SSSR count). The van der Waals surface area contributed by atoms with Gasteiger partial charge >= 0.3 is 0 Å². The van der Waals surface area contributed by atoms with Gasteiger partial charge in [-0.25, -0.2) is 14.4 Å². The van der Waals surface area contributed by atoms with E-state index in [9.17, 15) is 5.11 Å². The van der Waals surface area contributed by atoms with Gasteiger partial charge in [-0.15, -0.1) is 0 Å². The fourth-order valence-corrected chi connectivity index (χ4v) is 5.38. The van der Waals surface area contributed by atoms with Crippen LogP contribution in [0.15, 0.2) is 22.7 Å². The number of likely N-dealkylation sites (N-methyl/N-ethyl adjacent to an activating group) is 1. The SMILES string of the molecule is CNCC(O)COc1ccc(Cl)c(-c2nc(NC3CCN(C4CC4)CC3F)c(Cl)c(-c3c(C)noc3C)n2)c1. The molecular formula is C27H33Cl2FN6O3. The molecule has 1 aliphatic carbocycles. The lowest BCUT2D eigenvalue weighted by Crippen LogP contribution is -2.48. The predicted octanol–water partition coefficient (Wildman–Crippen LogP) is 4.67. The largest absolute Gasteiger partial charge is 0.491 e. The monoisotopic (exact) mass is 578 g/mol. The van der Waals surface area contributed by atoms with Gasteiger partial charge in [-0.2, -0.15) is 0 Å². The van der Waals surface area contributed by atoms with Crippen LogP contribution in [0.25, 0.3) is 22.6 Å². The van der Waals surface area contributed by atoms with Crippen molar-refractivity contribution in [3.63, 3.8) is 0 Å². The molecule has 1 saturated heterocycles. The molecule has 0 radical (unpaired) electrons. The number of aromatic nitrogens is 3. The van der Waals surface area contributed by atoms with Crippen LogP contribution in [-0.2, 0) is 0 Å². The summed E-state index contributed by atoms with van der Waals surface area (Å²) in [5.41, 5.74) is 2.18. The van der Waals surface area contributed by atoms with Crippen LogP contribution in [0.2, 0.25) is 10.0 Å². The van der Waals surface area contributed by atoms with Crippen molar-refractivity contribution in [2.75, 3.05) is 38.6 Å². The maximum atomic E-state index is 15.3. The second-order valence-electron chi connectivity index (χ2n) is 10.2. The molecule has 1 aliphatic heterocycles. The molecule has 3 heterocycles. The summed E-state index contributed by atoms with van der Waals surface area (Å²) in [6.07, 6.45) is 1.17. The Kier molecular flexibility index (Phi) is 8.58. The molecular weight excluding hydrogens is 546 g/mol. The Morgan fingerprint density at radius 2 is 2.03 bits per heavy atom. The lowest BCUT2D eigenvalue weighted by molar-refractivity contribution is 0.108. The van der Waals surface area contributed by atoms with Gasteiger partial charge < -0.3 is 25.0 Å². The summed E-state index contributed by atoms with van der Waals surface area (Å²) in [7, 11) is 1.76. The van der Waals surface area contributed by atoms with Crippen molar-refractivity contribution >= 4 is 29.0 Å². The Morgan fingerprint density at radius 3 is 2.69 bits per heavy atom. The van der Waals surface area contributed by atoms with Gasteiger partial charge in [0.15, 0.2) is 5.82 Å². The highest BCUT2D eigenvalue weighted by Crippen LogP contribution is 2.39. The van der Waals surface area contributed by atoms with Crippen LogP contribution >= 0.6 is 23.2 Å². The van der Waals surface area contributed by atoms with Crippen molar-refractivity contribution in [1.82, 2.24) is 25.3 Å². The molecule has 210 valence electrons. The minimum absolute atomic E-state index is 0.0952. The molecule has 3 N–H and O–H groups in total. The smallest absolute Gasteiger partial charge is 0.163 e. The van der Waals surface area contributed by atoms with Gasteiger partial charge in [0.05, 0.1) is 22.3 Å². The van der Waals surface area contributed by atoms with Crippen LogP contribution < -0.4 is 15.4 Å². The fraction of sp³-hybridized carbons (Fsp3) is 0.519. The second kappa shape index (κ2) is 11.9. The highest BCUT2D eigenvalue weighted by molar-refractivity contribution is 6.35. The topological polar surface area (TPSA) is 109 Å². The maximum absolute atomic E-state index is 15.3. The van der Waals surface area contributed by atoms with Crippen molar-refractivity contribution in [2.24, 2.45) is 0 Å². The van der Waals surface area contributed by atoms with E-state index in [1.165, 1.54) is 0 Å². The lowest BCUT2D eigenvalue weighted by atomic mass is 10.0. The third-order valence-corrected chi connectivity index (χ3v) is 7.83. The van der Waals surface area contributed by atoms with E-state index >= 15 is 4.39 Å². The number of halogens is 3. The number of piperidine rings is 1. The Morgan fingerprint density at radius 1 is 1.23 bits per heavy atom. The minimum atomic E-state index is -1.07. The van der Waals surface area contributed by atoms with Crippen LogP contribution in [0.4, 0.5) is 10.2 Å². The number of anilines is 1. The van der Waals surface area contributed by atoms with E-state index in [1.54, 1.807) is 39.1 Å². The second-order valence-corrected chi connectivity index (χ2v) is 11.0. The summed E-state index contributed by atoms with van der Waals surface area (Å²) >= 11 is 13.5. The van der Waals surface area contributed by atoms with E-state index in [-0.39, 0.29) is 17.5 Å². The lowest BCUT2D eigenvalue weighted by Gasteiger charge is -2.35. The van der Waals surface area contributed by atoms with Crippen LogP contribution in [0, 0.1) is 13.8 Å². The molecule has 2 fully saturated rings. The van der Waals surface area contributed by atoms with E-state index in [0.717, 1.165) is 19.4 Å². The first kappa shape index (κ1) is 28.0. The first-order valence-corrected chi connectivity index (χ1v) is 13.9. The number of alkyl halides is 1. The average Bonchev–Trinajstić information content (AvgIpc) is 3.71. The van der Waals surface area contributed by atoms with E-state index in [0.29, 0.717) is 70.4 Å². The average molecular weight is 580 g/mol. The number of nitrogens with one attached hydrogen (secondary N) is 2. The van der Waals surface area contributed by atoms with Crippen LogP contribution in [-0.4, -0.2) is 82.8 Å². The number of aliphatic hydroxyl groups excluding tert-OH is 1. The van der Waals surface area contributed by atoms with E-state index in [1.807, 2.05) is 0 Å². The third kappa shape index (κ3) is 6.30. The van der Waals surface area contributed by atoms with E-state index in [2.05, 4.69) is 20.7 Å². The van der Waals surface area contributed by atoms with Crippen LogP contribution in [0.1, 0.15) is 30.7 Å². The number of rotatable bonds is 10. The van der Waals surface area contributed by atoms with Gasteiger partial charge in [-0.1, -0.05) is 28.4 Å². The molecule has 12 heteroatoms. The molecule has 2 aliphatic rings. The number of aliphatic hydroxyl groups is 1. The molecule has 3 atom stereocenters. The quantitative estimate of drug-likeness (QED) is 0.316. The summed E-state index contributed by atoms with van der Waals surface area (Å²) in [5, 5.41) is 20.9. The number of nitrogens with zero attached hydrogens (tertiary/aromatic N) is 4. The number of hydrogen-bond acceptors (Lipinski definition) is 9. The first-order valence-electron chi connectivity index (χ1n) is 13.2. The number of hydrogen-bond donors (Lipinski definition) is 3. The Hall–Kier alpha value is -2.50. The minimum Gasteiger partial charge on any atom is -0.491 e. The standard InChI is InChI=1S/C27H33Cl2FN6O3/c1-14-23(15(2)39-35-14)25-24(29)27(32-22-8-9-36(12-21(22)30)16-4-5-16)34-26(33-25)19-10-18(6-7-20(19)28)38-13-17(37)11-31-3/h6-7,10,16-17,21-22,31,37H,4-5,8-9,11-13H2,1-3H3,(H,32,33,34). The number of likely N-dealkylation sites (tertiary alicyclic amines) is 1. The van der Waals surface area contributed by atoms with Crippen molar-refractivity contribution in [3.05, 3.63) is 39.7 Å². The van der Waals surface area contributed by atoms with Gasteiger partial charge in [0.2, 0.25) is 0 Å². The molecule has 0 amide bonds. The molecule has 1 aromatic carbocycles. The number of aryl methyl sites for hydroxylation is 2. The Bertz CT molecular complexity index is 1300. The van der Waals surface area contributed by atoms with Crippen molar-refractivity contribution in [2.45, 2.75) is 57.5 Å². The molecule has 3 unspecified atom stereocenters. The van der Waals surface area contributed by atoms with Gasteiger partial charge in [0.25, 0.3) is 0 Å². The molecule has 9 nitrogen and oxygen atoms in total. The molecule has 39 heavy (non-hydrogen) atoms. The molecule has 1 saturated carbocycles. The molecule has 3 aromatic rings. The van der Waals surface area contributed by atoms with E-state index in [4.69, 9.17) is 42.4 Å².